The van der Waals surface area contributed by atoms with Crippen LogP contribution in [0.3, 0.4) is 0 Å². The fraction of sp³-hybridized carbons (Fsp3) is 0.565. The molecule has 174 valence electrons. The first-order chi connectivity index (χ1) is 15.2. The molecular weight excluding hydrogens is 404 g/mol. The quantitative estimate of drug-likeness (QED) is 0.472. The zero-order valence-electron chi connectivity index (χ0n) is 20.0. The Bertz CT molecular complexity index is 924. The minimum atomic E-state index is -0.104. The van der Waals surface area contributed by atoms with E-state index in [-0.39, 0.29) is 11.9 Å². The molecule has 32 heavy (non-hydrogen) atoms. The van der Waals surface area contributed by atoms with Gasteiger partial charge in [-0.05, 0) is 57.4 Å². The maximum atomic E-state index is 12.5. The molecule has 0 saturated carbocycles. The third-order valence-electron chi connectivity index (χ3n) is 5.16. The molecule has 1 aliphatic rings. The van der Waals surface area contributed by atoms with Crippen LogP contribution in [0.1, 0.15) is 50.0 Å². The van der Waals surface area contributed by atoms with Crippen LogP contribution in [0.5, 0.6) is 0 Å². The lowest BCUT2D eigenvalue weighted by molar-refractivity contribution is 0.0943. The van der Waals surface area contributed by atoms with Crippen molar-refractivity contribution >= 4 is 29.4 Å². The Morgan fingerprint density at radius 2 is 1.94 bits per heavy atom. The van der Waals surface area contributed by atoms with Gasteiger partial charge in [0.05, 0.1) is 0 Å². The minimum Gasteiger partial charge on any atom is -0.350 e. The smallest absolute Gasteiger partial charge is 0.251 e. The molecule has 1 aliphatic heterocycles. The minimum absolute atomic E-state index is 0.0708. The Labute approximate surface area is 190 Å². The molecule has 0 aliphatic carbocycles. The molecule has 1 fully saturated rings. The second kappa shape index (κ2) is 10.6. The first-order valence-corrected chi connectivity index (χ1v) is 11.3. The lowest BCUT2D eigenvalue weighted by Gasteiger charge is -2.21. The summed E-state index contributed by atoms with van der Waals surface area (Å²) < 4.78 is 0. The average molecular weight is 441 g/mol. The summed E-state index contributed by atoms with van der Waals surface area (Å²) >= 11 is 0. The van der Waals surface area contributed by atoms with E-state index in [0.29, 0.717) is 35.4 Å². The Morgan fingerprint density at radius 1 is 1.19 bits per heavy atom. The molecule has 9 heteroatoms. The van der Waals surface area contributed by atoms with E-state index in [4.69, 9.17) is 0 Å². The van der Waals surface area contributed by atoms with Gasteiger partial charge in [0.2, 0.25) is 17.8 Å². The van der Waals surface area contributed by atoms with E-state index in [0.717, 1.165) is 37.3 Å². The summed E-state index contributed by atoms with van der Waals surface area (Å²) in [5.41, 5.74) is 2.38. The number of rotatable bonds is 9. The van der Waals surface area contributed by atoms with E-state index in [2.05, 4.69) is 50.1 Å². The summed E-state index contributed by atoms with van der Waals surface area (Å²) in [6.07, 6.45) is 1.03. The monoisotopic (exact) mass is 440 g/mol. The molecule has 1 amide bonds. The number of anilines is 4. The lowest BCUT2D eigenvalue weighted by Crippen LogP contribution is -2.30. The number of aryl methyl sites for hydroxylation is 1. The highest BCUT2D eigenvalue weighted by molar-refractivity contribution is 5.95. The normalized spacial score (nSPS) is 15.8. The molecule has 2 aromatic rings. The molecule has 2 heterocycles. The van der Waals surface area contributed by atoms with Crippen LogP contribution in [0.25, 0.3) is 0 Å². The highest BCUT2D eigenvalue weighted by atomic mass is 16.1. The molecule has 9 nitrogen and oxygen atoms in total. The van der Waals surface area contributed by atoms with Crippen molar-refractivity contribution in [2.45, 2.75) is 53.1 Å². The van der Waals surface area contributed by atoms with E-state index < -0.39 is 0 Å². The van der Waals surface area contributed by atoms with Gasteiger partial charge in [0.1, 0.15) is 0 Å². The molecule has 4 N–H and O–H groups in total. The Morgan fingerprint density at radius 3 is 2.59 bits per heavy atom. The third-order valence-corrected chi connectivity index (χ3v) is 5.16. The van der Waals surface area contributed by atoms with Gasteiger partial charge in [0.15, 0.2) is 0 Å². The fourth-order valence-electron chi connectivity index (χ4n) is 3.61. The van der Waals surface area contributed by atoms with Crippen molar-refractivity contribution in [3.05, 3.63) is 29.3 Å². The number of hydrogen-bond acceptors (Lipinski definition) is 8. The molecule has 1 aromatic carbocycles. The largest absolute Gasteiger partial charge is 0.350 e. The number of carbonyl (C=O) groups excluding carboxylic acids is 1. The van der Waals surface area contributed by atoms with Crippen LogP contribution < -0.4 is 26.2 Å². The van der Waals surface area contributed by atoms with Gasteiger partial charge in [-0.25, -0.2) is 0 Å². The van der Waals surface area contributed by atoms with Gasteiger partial charge >= 0.3 is 0 Å². The van der Waals surface area contributed by atoms with Crippen LogP contribution >= 0.6 is 0 Å². The van der Waals surface area contributed by atoms with Gasteiger partial charge in [-0.15, -0.1) is 0 Å². The Balaban J connectivity index is 1.89. The van der Waals surface area contributed by atoms with Gasteiger partial charge in [-0.2, -0.15) is 15.0 Å². The third kappa shape index (κ3) is 6.53. The second-order valence-electron chi connectivity index (χ2n) is 9.17. The molecule has 3 rings (SSSR count). The predicted octanol–water partition coefficient (Wildman–Crippen LogP) is 2.93. The number of nitrogens with one attached hydrogen (secondary N) is 4. The van der Waals surface area contributed by atoms with Crippen LogP contribution in [0, 0.1) is 12.8 Å². The number of carbonyl (C=O) groups is 1. The first kappa shape index (κ1) is 23.7. The van der Waals surface area contributed by atoms with Gasteiger partial charge in [-0.3, -0.25) is 4.79 Å². The molecule has 1 saturated heterocycles. The van der Waals surface area contributed by atoms with Crippen molar-refractivity contribution in [1.29, 1.82) is 0 Å². The number of benzene rings is 1. The number of hydrogen-bond donors (Lipinski definition) is 4. The van der Waals surface area contributed by atoms with Crippen molar-refractivity contribution in [3.8, 4) is 0 Å². The van der Waals surface area contributed by atoms with E-state index in [9.17, 15) is 4.79 Å². The zero-order chi connectivity index (χ0) is 23.3. The standard InChI is InChI=1S/C23H36N8O/c1-14(2)13-31(6)23-29-21(26-18-9-10-24-12-18)28-22(30-23)27-19-11-17(8-7-16(19)5)20(32)25-15(3)4/h7-8,11,14-15,18,24H,9-10,12-13H2,1-6H3,(H,25,32)(H2,26,27,28,29,30)/t18-/m0/s1. The van der Waals surface area contributed by atoms with Crippen molar-refractivity contribution < 1.29 is 4.79 Å². The maximum Gasteiger partial charge on any atom is 0.251 e. The lowest BCUT2D eigenvalue weighted by atomic mass is 10.1. The number of amides is 1. The summed E-state index contributed by atoms with van der Waals surface area (Å²) in [5.74, 6) is 1.97. The highest BCUT2D eigenvalue weighted by Crippen LogP contribution is 2.23. The summed E-state index contributed by atoms with van der Waals surface area (Å²) in [5, 5.41) is 13.0. The van der Waals surface area contributed by atoms with E-state index in [1.54, 1.807) is 0 Å². The van der Waals surface area contributed by atoms with Crippen LogP contribution in [0.2, 0.25) is 0 Å². The topological polar surface area (TPSA) is 107 Å². The van der Waals surface area contributed by atoms with E-state index in [1.165, 1.54) is 0 Å². The summed E-state index contributed by atoms with van der Waals surface area (Å²) in [6, 6.07) is 5.95. The number of nitrogens with zero attached hydrogens (tertiary/aromatic N) is 4. The van der Waals surface area contributed by atoms with E-state index >= 15 is 0 Å². The van der Waals surface area contributed by atoms with E-state index in [1.807, 2.05) is 50.9 Å². The van der Waals surface area contributed by atoms with Crippen molar-refractivity contribution in [1.82, 2.24) is 25.6 Å². The molecule has 0 unspecified atom stereocenters. The maximum absolute atomic E-state index is 12.5. The number of aromatic nitrogens is 3. The summed E-state index contributed by atoms with van der Waals surface area (Å²) in [4.78, 5) is 28.4. The van der Waals surface area contributed by atoms with Crippen LogP contribution in [0.15, 0.2) is 18.2 Å². The first-order valence-electron chi connectivity index (χ1n) is 11.3. The fourth-order valence-corrected chi connectivity index (χ4v) is 3.61. The van der Waals surface area contributed by atoms with Gasteiger partial charge in [0.25, 0.3) is 5.91 Å². The van der Waals surface area contributed by atoms with Crippen molar-refractivity contribution in [2.24, 2.45) is 5.92 Å². The van der Waals surface area contributed by atoms with Crippen LogP contribution in [-0.2, 0) is 0 Å². The SMILES string of the molecule is Cc1ccc(C(=O)NC(C)C)cc1Nc1nc(N[C@H]2CCNC2)nc(N(C)CC(C)C)n1. The Hall–Kier alpha value is -2.94. The van der Waals surface area contributed by atoms with Crippen molar-refractivity contribution in [2.75, 3.05) is 42.2 Å². The Kier molecular flexibility index (Phi) is 7.84. The zero-order valence-corrected chi connectivity index (χ0v) is 20.0. The molecular formula is C23H36N8O. The van der Waals surface area contributed by atoms with Crippen molar-refractivity contribution in [3.63, 3.8) is 0 Å². The predicted molar refractivity (Wildman–Crippen MR) is 130 cm³/mol. The van der Waals surface area contributed by atoms with Gasteiger partial charge < -0.3 is 26.2 Å². The average Bonchev–Trinajstić information content (AvgIpc) is 3.21. The molecule has 0 radical (unpaired) electrons. The molecule has 1 aromatic heterocycles. The van der Waals surface area contributed by atoms with Gasteiger partial charge in [-0.1, -0.05) is 19.9 Å². The molecule has 1 atom stereocenters. The second-order valence-corrected chi connectivity index (χ2v) is 9.17. The molecule has 0 spiro atoms. The van der Waals surface area contributed by atoms with Crippen LogP contribution in [-0.4, -0.2) is 59.6 Å². The highest BCUT2D eigenvalue weighted by Gasteiger charge is 2.18. The summed E-state index contributed by atoms with van der Waals surface area (Å²) in [7, 11) is 1.99. The molecule has 0 bridgehead atoms. The van der Waals surface area contributed by atoms with Gasteiger partial charge in [0, 0.05) is 43.5 Å². The summed E-state index contributed by atoms with van der Waals surface area (Å²) in [6.45, 7) is 12.9. The van der Waals surface area contributed by atoms with Crippen LogP contribution in [0.4, 0.5) is 23.5 Å².